The molecule has 0 atom stereocenters. The van der Waals surface area contributed by atoms with Gasteiger partial charge in [0, 0.05) is 36.8 Å². The van der Waals surface area contributed by atoms with Crippen LogP contribution in [0.15, 0.2) is 27.8 Å². The minimum absolute atomic E-state index is 0.0344. The molecule has 0 saturated heterocycles. The van der Waals surface area contributed by atoms with Gasteiger partial charge in [0.05, 0.1) is 0 Å². The molecule has 2 rings (SSSR count). The number of halogens is 2. The summed E-state index contributed by atoms with van der Waals surface area (Å²) < 4.78 is 16.9. The maximum atomic E-state index is 14.1. The Bertz CT molecular complexity index is 902. The monoisotopic (exact) mass is 431 g/mol. The van der Waals surface area contributed by atoms with Crippen LogP contribution in [0.2, 0.25) is 0 Å². The van der Waals surface area contributed by atoms with E-state index in [1.54, 1.807) is 12.1 Å². The molecule has 0 aliphatic carbocycles. The molecule has 1 aromatic carbocycles. The average molecular weight is 431 g/mol. The molecule has 23 heavy (non-hydrogen) atoms. The molecule has 8 heteroatoms. The fourth-order valence-electron chi connectivity index (χ4n) is 2.29. The number of nitrogens with one attached hydrogen (secondary N) is 1. The first-order valence-corrected chi connectivity index (χ1v) is 7.80. The Labute approximate surface area is 145 Å². The van der Waals surface area contributed by atoms with Crippen LogP contribution in [0.25, 0.3) is 0 Å². The van der Waals surface area contributed by atoms with Crippen molar-refractivity contribution in [2.75, 3.05) is 7.05 Å². The zero-order valence-corrected chi connectivity index (χ0v) is 15.0. The highest BCUT2D eigenvalue weighted by Crippen LogP contribution is 2.16. The van der Waals surface area contributed by atoms with Gasteiger partial charge in [0.2, 0.25) is 0 Å². The van der Waals surface area contributed by atoms with Gasteiger partial charge in [-0.25, -0.2) is 9.18 Å². The van der Waals surface area contributed by atoms with Crippen molar-refractivity contribution in [3.8, 4) is 0 Å². The SMILES string of the molecule is CNC(=O)c1c(Cc2ccc(I)cc2F)n(C)c(=O)n(C)c1=O. The quantitative estimate of drug-likeness (QED) is 0.731. The van der Waals surface area contributed by atoms with Gasteiger partial charge in [-0.05, 0) is 40.3 Å². The first-order chi connectivity index (χ1) is 10.8. The number of nitrogens with zero attached hydrogens (tertiary/aromatic N) is 2. The molecule has 1 amide bonds. The van der Waals surface area contributed by atoms with Crippen LogP contribution < -0.4 is 16.6 Å². The summed E-state index contributed by atoms with van der Waals surface area (Å²) in [5.41, 5.74) is -0.941. The van der Waals surface area contributed by atoms with E-state index in [9.17, 15) is 18.8 Å². The van der Waals surface area contributed by atoms with Crippen molar-refractivity contribution >= 4 is 28.5 Å². The predicted molar refractivity (Wildman–Crippen MR) is 92.2 cm³/mol. The Morgan fingerprint density at radius 2 is 1.91 bits per heavy atom. The van der Waals surface area contributed by atoms with E-state index >= 15 is 0 Å². The van der Waals surface area contributed by atoms with Crippen molar-refractivity contribution in [1.82, 2.24) is 14.5 Å². The van der Waals surface area contributed by atoms with Crippen LogP contribution in [0.3, 0.4) is 0 Å². The number of carbonyl (C=O) groups is 1. The molecule has 0 saturated carbocycles. The van der Waals surface area contributed by atoms with Crippen LogP contribution >= 0.6 is 22.6 Å². The normalized spacial score (nSPS) is 10.7. The standard InChI is InChI=1S/C15H15FIN3O3/c1-18-13(21)12-11(19(2)15(23)20(3)14(12)22)6-8-4-5-9(17)7-10(8)16/h4-5,7H,6H2,1-3H3,(H,18,21). The van der Waals surface area contributed by atoms with Crippen molar-refractivity contribution in [2.24, 2.45) is 14.1 Å². The lowest BCUT2D eigenvalue weighted by Gasteiger charge is -2.15. The lowest BCUT2D eigenvalue weighted by Crippen LogP contribution is -2.44. The number of rotatable bonds is 3. The van der Waals surface area contributed by atoms with Gasteiger partial charge in [0.15, 0.2) is 0 Å². The summed E-state index contributed by atoms with van der Waals surface area (Å²) in [7, 11) is 4.14. The van der Waals surface area contributed by atoms with E-state index < -0.39 is 23.0 Å². The Balaban J connectivity index is 2.72. The van der Waals surface area contributed by atoms with Crippen molar-refractivity contribution in [2.45, 2.75) is 6.42 Å². The highest BCUT2D eigenvalue weighted by Gasteiger charge is 2.22. The molecule has 0 bridgehead atoms. The average Bonchev–Trinajstić information content (AvgIpc) is 2.52. The molecule has 0 unspecified atom stereocenters. The first kappa shape index (κ1) is 17.4. The zero-order chi connectivity index (χ0) is 17.3. The highest BCUT2D eigenvalue weighted by atomic mass is 127. The van der Waals surface area contributed by atoms with E-state index in [4.69, 9.17) is 0 Å². The molecule has 2 aromatic rings. The van der Waals surface area contributed by atoms with E-state index in [1.807, 2.05) is 22.6 Å². The number of benzene rings is 1. The van der Waals surface area contributed by atoms with Gasteiger partial charge >= 0.3 is 5.69 Å². The summed E-state index contributed by atoms with van der Waals surface area (Å²) in [4.78, 5) is 36.5. The summed E-state index contributed by atoms with van der Waals surface area (Å²) in [6.45, 7) is 0. The highest BCUT2D eigenvalue weighted by molar-refractivity contribution is 14.1. The molecule has 122 valence electrons. The van der Waals surface area contributed by atoms with Gasteiger partial charge in [-0.3, -0.25) is 18.7 Å². The third-order valence-electron chi connectivity index (χ3n) is 3.61. The van der Waals surface area contributed by atoms with E-state index in [0.717, 1.165) is 8.14 Å². The van der Waals surface area contributed by atoms with Gasteiger partial charge in [-0.1, -0.05) is 6.07 Å². The summed E-state index contributed by atoms with van der Waals surface area (Å²) in [6.07, 6.45) is -0.0344. The van der Waals surface area contributed by atoms with Crippen LogP contribution in [0.1, 0.15) is 21.6 Å². The largest absolute Gasteiger partial charge is 0.355 e. The van der Waals surface area contributed by atoms with Crippen molar-refractivity contribution in [3.63, 3.8) is 0 Å². The van der Waals surface area contributed by atoms with Gasteiger partial charge in [0.1, 0.15) is 11.4 Å². The molecular formula is C15H15FIN3O3. The summed E-state index contributed by atoms with van der Waals surface area (Å²) >= 11 is 1.99. The maximum Gasteiger partial charge on any atom is 0.330 e. The molecule has 6 nitrogen and oxygen atoms in total. The van der Waals surface area contributed by atoms with Crippen molar-refractivity contribution < 1.29 is 9.18 Å². The molecule has 1 N–H and O–H groups in total. The lowest BCUT2D eigenvalue weighted by atomic mass is 10.0. The molecule has 0 aliphatic heterocycles. The third kappa shape index (κ3) is 3.21. The Morgan fingerprint density at radius 1 is 1.26 bits per heavy atom. The second-order valence-electron chi connectivity index (χ2n) is 5.02. The van der Waals surface area contributed by atoms with Gasteiger partial charge in [-0.2, -0.15) is 0 Å². The van der Waals surface area contributed by atoms with Gasteiger partial charge in [-0.15, -0.1) is 0 Å². The van der Waals surface area contributed by atoms with E-state index in [0.29, 0.717) is 5.56 Å². The Morgan fingerprint density at radius 3 is 2.48 bits per heavy atom. The van der Waals surface area contributed by atoms with Crippen molar-refractivity contribution in [3.05, 3.63) is 65.2 Å². The Kier molecular flexibility index (Phi) is 5.03. The molecule has 0 aliphatic rings. The van der Waals surface area contributed by atoms with E-state index in [1.165, 1.54) is 31.8 Å². The van der Waals surface area contributed by atoms with Gasteiger partial charge in [0.25, 0.3) is 11.5 Å². The minimum Gasteiger partial charge on any atom is -0.355 e. The minimum atomic E-state index is -0.701. The number of carbonyl (C=O) groups excluding carboxylic acids is 1. The fourth-order valence-corrected chi connectivity index (χ4v) is 2.74. The second kappa shape index (κ2) is 6.65. The molecule has 0 fully saturated rings. The molecule has 1 aromatic heterocycles. The zero-order valence-electron chi connectivity index (χ0n) is 12.8. The van der Waals surface area contributed by atoms with Crippen LogP contribution in [-0.2, 0) is 20.5 Å². The van der Waals surface area contributed by atoms with Crippen LogP contribution in [0.5, 0.6) is 0 Å². The van der Waals surface area contributed by atoms with E-state index in [-0.39, 0.29) is 17.7 Å². The number of hydrogen-bond donors (Lipinski definition) is 1. The number of hydrogen-bond acceptors (Lipinski definition) is 3. The third-order valence-corrected chi connectivity index (χ3v) is 4.28. The first-order valence-electron chi connectivity index (χ1n) is 6.72. The number of aromatic nitrogens is 2. The maximum absolute atomic E-state index is 14.1. The topological polar surface area (TPSA) is 73.1 Å². The fraction of sp³-hybridized carbons (Fsp3) is 0.267. The molecular weight excluding hydrogens is 416 g/mol. The Hall–Kier alpha value is -1.97. The summed E-state index contributed by atoms with van der Waals surface area (Å²) in [6, 6.07) is 4.65. The summed E-state index contributed by atoms with van der Waals surface area (Å²) in [5.74, 6) is -1.06. The summed E-state index contributed by atoms with van der Waals surface area (Å²) in [5, 5.41) is 2.38. The van der Waals surface area contributed by atoms with E-state index in [2.05, 4.69) is 5.32 Å². The van der Waals surface area contributed by atoms with Crippen LogP contribution in [0, 0.1) is 9.39 Å². The number of amides is 1. The molecule has 0 spiro atoms. The van der Waals surface area contributed by atoms with Gasteiger partial charge < -0.3 is 5.32 Å². The van der Waals surface area contributed by atoms with Crippen LogP contribution in [0.4, 0.5) is 4.39 Å². The molecule has 0 radical (unpaired) electrons. The predicted octanol–water partition coefficient (Wildman–Crippen LogP) is 0.778. The lowest BCUT2D eigenvalue weighted by molar-refractivity contribution is 0.0959. The smallest absolute Gasteiger partial charge is 0.330 e. The molecule has 1 heterocycles. The van der Waals surface area contributed by atoms with Crippen molar-refractivity contribution in [1.29, 1.82) is 0 Å². The van der Waals surface area contributed by atoms with Crippen LogP contribution in [-0.4, -0.2) is 22.1 Å². The second-order valence-corrected chi connectivity index (χ2v) is 6.26.